The van der Waals surface area contributed by atoms with Crippen molar-refractivity contribution in [3.63, 3.8) is 0 Å². The minimum Gasteiger partial charge on any atom is -0.462 e. The number of carbonyl (C=O) groups is 1. The Morgan fingerprint density at radius 3 is 2.62 bits per heavy atom. The molecule has 0 bridgehead atoms. The first kappa shape index (κ1) is 15.9. The lowest BCUT2D eigenvalue weighted by Crippen LogP contribution is -2.39. The summed E-state index contributed by atoms with van der Waals surface area (Å²) in [5, 5.41) is 0. The molecule has 0 amide bonds. The van der Waals surface area contributed by atoms with Crippen LogP contribution in [-0.4, -0.2) is 27.1 Å². The number of fused-ring (bicyclic) bond motifs is 1. The van der Waals surface area contributed by atoms with E-state index in [1.165, 1.54) is 0 Å². The molecule has 0 aliphatic rings. The summed E-state index contributed by atoms with van der Waals surface area (Å²) in [6.45, 7) is 6.39. The van der Waals surface area contributed by atoms with Crippen molar-refractivity contribution in [1.82, 2.24) is 14.5 Å². The average molecular weight is 327 g/mol. The van der Waals surface area contributed by atoms with Gasteiger partial charge in [0.05, 0.1) is 6.61 Å². The largest absolute Gasteiger partial charge is 0.462 e. The topological polar surface area (TPSA) is 80.9 Å². The Morgan fingerprint density at radius 2 is 2.00 bits per heavy atom. The molecule has 0 aliphatic heterocycles. The molecule has 124 valence electrons. The van der Waals surface area contributed by atoms with E-state index < -0.39 is 5.97 Å². The third kappa shape index (κ3) is 2.47. The Morgan fingerprint density at radius 1 is 1.29 bits per heavy atom. The summed E-state index contributed by atoms with van der Waals surface area (Å²) in [5.41, 5.74) is 1.05. The molecule has 0 aliphatic carbocycles. The molecule has 3 aromatic heterocycles. The summed E-state index contributed by atoms with van der Waals surface area (Å²) in [7, 11) is 0. The van der Waals surface area contributed by atoms with Crippen LogP contribution in [-0.2, 0) is 11.3 Å². The maximum Gasteiger partial charge on any atom is 0.347 e. The number of ether oxygens (including phenoxy) is 1. The van der Waals surface area contributed by atoms with Crippen LogP contribution in [0.1, 0.15) is 30.0 Å². The number of pyridine rings is 2. The molecule has 0 saturated heterocycles. The highest BCUT2D eigenvalue weighted by atomic mass is 16.5. The van der Waals surface area contributed by atoms with Gasteiger partial charge in [0.25, 0.3) is 5.69 Å². The van der Waals surface area contributed by atoms with Crippen molar-refractivity contribution in [3.8, 4) is 5.69 Å². The maximum absolute atomic E-state index is 12.7. The van der Waals surface area contributed by atoms with Crippen LogP contribution in [0.15, 0.2) is 35.4 Å². The first-order valence-electron chi connectivity index (χ1n) is 7.85. The van der Waals surface area contributed by atoms with Gasteiger partial charge < -0.3 is 9.30 Å². The van der Waals surface area contributed by atoms with E-state index in [2.05, 4.69) is 9.97 Å². The highest BCUT2D eigenvalue weighted by Crippen LogP contribution is 2.21. The number of hydrogen-bond acceptors (Lipinski definition) is 4. The fraction of sp³-hybridized carbons (Fsp3) is 0.294. The van der Waals surface area contributed by atoms with E-state index in [0.29, 0.717) is 17.7 Å². The van der Waals surface area contributed by atoms with Crippen LogP contribution in [0.2, 0.25) is 0 Å². The number of rotatable bonds is 4. The molecule has 3 heterocycles. The number of esters is 1. The quantitative estimate of drug-likeness (QED) is 0.582. The highest BCUT2D eigenvalue weighted by Gasteiger charge is 2.30. The highest BCUT2D eigenvalue weighted by molar-refractivity contribution is 6.04. The predicted octanol–water partition coefficient (Wildman–Crippen LogP) is 1.51. The maximum atomic E-state index is 12.7. The summed E-state index contributed by atoms with van der Waals surface area (Å²) in [5.74, 6) is 0.193. The number of nitrogens with zero attached hydrogens (tertiary/aromatic N) is 3. The average Bonchev–Trinajstić information content (AvgIpc) is 2.89. The fourth-order valence-corrected chi connectivity index (χ4v) is 2.88. The number of aryl methyl sites for hydroxylation is 2. The van der Waals surface area contributed by atoms with Gasteiger partial charge in [0.1, 0.15) is 11.3 Å². The Hall–Kier alpha value is -2.96. The lowest BCUT2D eigenvalue weighted by atomic mass is 10.2. The molecule has 0 spiro atoms. The molecular formula is C17H19N4O3+. The van der Waals surface area contributed by atoms with E-state index >= 15 is 0 Å². The molecule has 3 rings (SSSR count). The third-order valence-electron chi connectivity index (χ3n) is 3.85. The monoisotopic (exact) mass is 327 g/mol. The molecule has 7 nitrogen and oxygen atoms in total. The van der Waals surface area contributed by atoms with Crippen molar-refractivity contribution in [2.45, 2.75) is 27.3 Å². The van der Waals surface area contributed by atoms with Crippen LogP contribution >= 0.6 is 0 Å². The normalized spacial score (nSPS) is 11.0. The van der Waals surface area contributed by atoms with Crippen LogP contribution in [0.25, 0.3) is 16.9 Å². The fourth-order valence-electron chi connectivity index (χ4n) is 2.88. The Balaban J connectivity index is 2.46. The number of aromatic nitrogens is 4. The van der Waals surface area contributed by atoms with Crippen molar-refractivity contribution >= 4 is 17.1 Å². The number of imidazole rings is 1. The van der Waals surface area contributed by atoms with Gasteiger partial charge in [-0.2, -0.15) is 4.57 Å². The molecule has 0 atom stereocenters. The number of nitrogens with one attached hydrogen (secondary N) is 1. The number of H-pyrrole nitrogens is 1. The lowest BCUT2D eigenvalue weighted by Gasteiger charge is -2.08. The molecule has 0 fully saturated rings. The molecule has 24 heavy (non-hydrogen) atoms. The van der Waals surface area contributed by atoms with E-state index in [1.54, 1.807) is 36.0 Å². The summed E-state index contributed by atoms with van der Waals surface area (Å²) in [6, 6.07) is 5.43. The van der Waals surface area contributed by atoms with Gasteiger partial charge in [-0.15, -0.1) is 0 Å². The van der Waals surface area contributed by atoms with Crippen LogP contribution in [0, 0.1) is 6.92 Å². The second-order valence-electron chi connectivity index (χ2n) is 5.28. The second-order valence-corrected chi connectivity index (χ2v) is 5.28. The van der Waals surface area contributed by atoms with Gasteiger partial charge in [0.15, 0.2) is 23.6 Å². The van der Waals surface area contributed by atoms with Crippen molar-refractivity contribution in [3.05, 3.63) is 52.3 Å². The van der Waals surface area contributed by atoms with Gasteiger partial charge in [0, 0.05) is 18.7 Å². The SMILES string of the molecule is CCOC(=O)c1c(-[n+]2ccccc2)c(=O)[nH]c2nc(C)n(CC)c12. The molecular weight excluding hydrogens is 308 g/mol. The van der Waals surface area contributed by atoms with E-state index in [1.807, 2.05) is 24.5 Å². The van der Waals surface area contributed by atoms with Gasteiger partial charge in [0.2, 0.25) is 0 Å². The predicted molar refractivity (Wildman–Crippen MR) is 88.3 cm³/mol. The summed E-state index contributed by atoms with van der Waals surface area (Å²) in [6.07, 6.45) is 3.44. The van der Waals surface area contributed by atoms with Crippen molar-refractivity contribution < 1.29 is 14.1 Å². The molecule has 7 heteroatoms. The van der Waals surface area contributed by atoms with E-state index in [9.17, 15) is 9.59 Å². The van der Waals surface area contributed by atoms with Crippen molar-refractivity contribution in [1.29, 1.82) is 0 Å². The number of aromatic amines is 1. The summed E-state index contributed by atoms with van der Waals surface area (Å²) in [4.78, 5) is 32.4. The van der Waals surface area contributed by atoms with Crippen LogP contribution in [0.5, 0.6) is 0 Å². The van der Waals surface area contributed by atoms with Crippen LogP contribution in [0.3, 0.4) is 0 Å². The van der Waals surface area contributed by atoms with Gasteiger partial charge in [-0.25, -0.2) is 9.78 Å². The molecule has 0 saturated carbocycles. The zero-order valence-electron chi connectivity index (χ0n) is 13.9. The van der Waals surface area contributed by atoms with Gasteiger partial charge in [-0.3, -0.25) is 9.78 Å². The van der Waals surface area contributed by atoms with E-state index in [-0.39, 0.29) is 23.4 Å². The first-order chi connectivity index (χ1) is 11.6. The first-order valence-corrected chi connectivity index (χ1v) is 7.85. The molecule has 0 unspecified atom stereocenters. The molecule has 0 aromatic carbocycles. The second kappa shape index (κ2) is 6.27. The Labute approximate surface area is 138 Å². The van der Waals surface area contributed by atoms with Crippen LogP contribution in [0.4, 0.5) is 0 Å². The Kier molecular flexibility index (Phi) is 4.16. The summed E-state index contributed by atoms with van der Waals surface area (Å²) >= 11 is 0. The third-order valence-corrected chi connectivity index (χ3v) is 3.85. The number of carbonyl (C=O) groups excluding carboxylic acids is 1. The van der Waals surface area contributed by atoms with Gasteiger partial charge in [-0.05, 0) is 20.8 Å². The molecule has 3 aromatic rings. The molecule has 0 radical (unpaired) electrons. The molecule has 1 N–H and O–H groups in total. The van der Waals surface area contributed by atoms with Crippen LogP contribution < -0.4 is 10.1 Å². The van der Waals surface area contributed by atoms with Gasteiger partial charge in [-0.1, -0.05) is 6.07 Å². The lowest BCUT2D eigenvalue weighted by molar-refractivity contribution is -0.597. The van der Waals surface area contributed by atoms with Crippen molar-refractivity contribution in [2.24, 2.45) is 0 Å². The van der Waals surface area contributed by atoms with E-state index in [0.717, 1.165) is 5.82 Å². The minimum atomic E-state index is -0.533. The Bertz CT molecular complexity index is 957. The minimum absolute atomic E-state index is 0.227. The van der Waals surface area contributed by atoms with Gasteiger partial charge >= 0.3 is 11.5 Å². The zero-order chi connectivity index (χ0) is 17.3. The van der Waals surface area contributed by atoms with E-state index in [4.69, 9.17) is 4.74 Å². The smallest absolute Gasteiger partial charge is 0.347 e. The zero-order valence-corrected chi connectivity index (χ0v) is 13.9. The standard InChI is InChI=1S/C17H18N4O3/c1-4-21-11(3)18-15-13(21)12(17(23)24-5-2)14(16(22)19-15)20-9-7-6-8-10-20/h6-10H,4-5H2,1-3H3/p+1. The number of hydrogen-bond donors (Lipinski definition) is 1. The summed E-state index contributed by atoms with van der Waals surface area (Å²) < 4.78 is 8.73. The van der Waals surface area contributed by atoms with Crippen molar-refractivity contribution in [2.75, 3.05) is 6.61 Å².